The van der Waals surface area contributed by atoms with Crippen molar-refractivity contribution < 1.29 is 14.3 Å². The molecule has 0 heterocycles. The normalized spacial score (nSPS) is 15.6. The predicted octanol–water partition coefficient (Wildman–Crippen LogP) is 6.19. The highest BCUT2D eigenvalue weighted by atomic mass is 28.3. The molecular formula is C23H39NO3Si. The summed E-state index contributed by atoms with van der Waals surface area (Å²) in [5.74, 6) is 0.419. The minimum atomic E-state index is -1.47. The van der Waals surface area contributed by atoms with E-state index in [0.717, 1.165) is 5.56 Å². The number of hydrogen-bond acceptors (Lipinski definition) is 4. The molecule has 1 aromatic rings. The van der Waals surface area contributed by atoms with E-state index in [0.29, 0.717) is 11.5 Å². The van der Waals surface area contributed by atoms with Crippen molar-refractivity contribution in [2.45, 2.75) is 77.5 Å². The van der Waals surface area contributed by atoms with E-state index in [-0.39, 0.29) is 18.7 Å². The van der Waals surface area contributed by atoms with E-state index in [1.54, 1.807) is 0 Å². The summed E-state index contributed by atoms with van der Waals surface area (Å²) < 4.78 is 10.8. The van der Waals surface area contributed by atoms with E-state index in [1.807, 2.05) is 39.0 Å². The predicted molar refractivity (Wildman–Crippen MR) is 120 cm³/mol. The molecule has 0 saturated carbocycles. The highest BCUT2D eigenvalue weighted by Crippen LogP contribution is 2.32. The lowest BCUT2D eigenvalue weighted by Gasteiger charge is -2.39. The van der Waals surface area contributed by atoms with Crippen LogP contribution in [0.15, 0.2) is 43.0 Å². The summed E-state index contributed by atoms with van der Waals surface area (Å²) in [5, 5.41) is 3.78. The summed E-state index contributed by atoms with van der Waals surface area (Å²) in [4.78, 5) is 12.1. The Morgan fingerprint density at radius 3 is 2.18 bits per heavy atom. The van der Waals surface area contributed by atoms with Crippen molar-refractivity contribution >= 4 is 14.2 Å². The molecule has 5 heteroatoms. The van der Waals surface area contributed by atoms with Gasteiger partial charge in [-0.15, -0.1) is 6.58 Å². The average Bonchev–Trinajstić information content (AvgIpc) is 2.55. The maximum atomic E-state index is 12.1. The number of hydrogen-bond donors (Lipinski definition) is 1. The summed E-state index contributed by atoms with van der Waals surface area (Å²) in [6.07, 6.45) is 1.46. The Morgan fingerprint density at radius 2 is 1.75 bits per heavy atom. The quantitative estimate of drug-likeness (QED) is 0.302. The Morgan fingerprint density at radius 1 is 1.18 bits per heavy atom. The topological polar surface area (TPSA) is 47.6 Å². The molecule has 0 fully saturated rings. The second-order valence-electron chi connectivity index (χ2n) is 9.80. The van der Waals surface area contributed by atoms with Gasteiger partial charge in [-0.25, -0.2) is 4.79 Å². The van der Waals surface area contributed by atoms with E-state index in [4.69, 9.17) is 9.47 Å². The molecule has 1 aromatic carbocycles. The van der Waals surface area contributed by atoms with E-state index in [2.05, 4.69) is 63.6 Å². The van der Waals surface area contributed by atoms with Gasteiger partial charge in [0.05, 0.1) is 14.1 Å². The number of benzene rings is 1. The van der Waals surface area contributed by atoms with Crippen LogP contribution in [0, 0.1) is 5.92 Å². The molecule has 0 aliphatic heterocycles. The standard InChI is InChI=1S/C23H39NO3Si/c1-10-20(28(7,8)9)21(17(2)3)24-19(18-14-12-11-13-15-18)16-26-22(25)27-23(4,5)6/h10-15,17,19-21,24H,1,16H2,2-9H3/t19-,20+,21-/m1/s1. The van der Waals surface area contributed by atoms with Gasteiger partial charge in [0.1, 0.15) is 12.2 Å². The van der Waals surface area contributed by atoms with Gasteiger partial charge in [0, 0.05) is 6.04 Å². The first-order valence-electron chi connectivity index (χ1n) is 10.1. The lowest BCUT2D eigenvalue weighted by Crippen LogP contribution is -2.48. The van der Waals surface area contributed by atoms with Crippen molar-refractivity contribution in [2.75, 3.05) is 6.61 Å². The first kappa shape index (κ1) is 24.4. The molecule has 0 spiro atoms. The number of rotatable bonds is 9. The first-order chi connectivity index (χ1) is 12.8. The zero-order valence-corrected chi connectivity index (χ0v) is 19.9. The third-order valence-corrected chi connectivity index (χ3v) is 7.31. The van der Waals surface area contributed by atoms with Gasteiger partial charge in [0.25, 0.3) is 0 Å². The molecule has 0 bridgehead atoms. The lowest BCUT2D eigenvalue weighted by atomic mass is 9.97. The number of carbonyl (C=O) groups excluding carboxylic acids is 1. The van der Waals surface area contributed by atoms with Gasteiger partial charge < -0.3 is 14.8 Å². The van der Waals surface area contributed by atoms with Crippen molar-refractivity contribution in [1.82, 2.24) is 5.32 Å². The van der Waals surface area contributed by atoms with E-state index < -0.39 is 19.8 Å². The molecule has 0 aliphatic rings. The summed E-state index contributed by atoms with van der Waals surface area (Å²) in [6.45, 7) is 21.4. The third-order valence-electron chi connectivity index (χ3n) is 4.71. The van der Waals surface area contributed by atoms with Crippen LogP contribution in [0.3, 0.4) is 0 Å². The van der Waals surface area contributed by atoms with Crippen molar-refractivity contribution in [1.29, 1.82) is 0 Å². The summed E-state index contributed by atoms with van der Waals surface area (Å²) >= 11 is 0. The number of carbonyl (C=O) groups is 1. The summed E-state index contributed by atoms with van der Waals surface area (Å²) in [6, 6.07) is 10.3. The maximum Gasteiger partial charge on any atom is 0.508 e. The third kappa shape index (κ3) is 8.19. The van der Waals surface area contributed by atoms with Crippen LogP contribution in [-0.2, 0) is 9.47 Å². The first-order valence-corrected chi connectivity index (χ1v) is 13.7. The molecule has 0 unspecified atom stereocenters. The zero-order chi connectivity index (χ0) is 21.5. The van der Waals surface area contributed by atoms with Gasteiger partial charge in [-0.05, 0) is 37.8 Å². The molecule has 0 radical (unpaired) electrons. The van der Waals surface area contributed by atoms with Crippen LogP contribution in [0.25, 0.3) is 0 Å². The van der Waals surface area contributed by atoms with Crippen molar-refractivity contribution in [3.63, 3.8) is 0 Å². The van der Waals surface area contributed by atoms with Crippen LogP contribution >= 0.6 is 0 Å². The van der Waals surface area contributed by atoms with Gasteiger partial charge >= 0.3 is 6.16 Å². The smallest absolute Gasteiger partial charge is 0.432 e. The maximum absolute atomic E-state index is 12.1. The summed E-state index contributed by atoms with van der Waals surface area (Å²) in [5.41, 5.74) is 0.925. The fraction of sp³-hybridized carbons (Fsp3) is 0.609. The van der Waals surface area contributed by atoms with E-state index in [9.17, 15) is 4.79 Å². The molecule has 0 aliphatic carbocycles. The SMILES string of the molecule is C=C[C@@H]([C@H](N[C@H](COC(=O)OC(C)(C)C)c1ccccc1)C(C)C)[Si](C)(C)C. The van der Waals surface area contributed by atoms with Gasteiger partial charge in [-0.3, -0.25) is 0 Å². The van der Waals surface area contributed by atoms with Crippen molar-refractivity contribution in [3.05, 3.63) is 48.6 Å². The van der Waals surface area contributed by atoms with Crippen LogP contribution in [0.4, 0.5) is 4.79 Å². The highest BCUT2D eigenvalue weighted by Gasteiger charge is 2.35. The van der Waals surface area contributed by atoms with E-state index >= 15 is 0 Å². The largest absolute Gasteiger partial charge is 0.508 e. The van der Waals surface area contributed by atoms with Gasteiger partial charge in [0.15, 0.2) is 0 Å². The van der Waals surface area contributed by atoms with Crippen LogP contribution in [0.1, 0.15) is 46.2 Å². The molecule has 28 heavy (non-hydrogen) atoms. The monoisotopic (exact) mass is 405 g/mol. The van der Waals surface area contributed by atoms with E-state index in [1.165, 1.54) is 0 Å². The van der Waals surface area contributed by atoms with Gasteiger partial charge in [-0.1, -0.05) is 69.9 Å². The Balaban J connectivity index is 3.04. The molecule has 158 valence electrons. The molecule has 1 rings (SSSR count). The van der Waals surface area contributed by atoms with Crippen LogP contribution in [0.5, 0.6) is 0 Å². The molecule has 3 atom stereocenters. The van der Waals surface area contributed by atoms with Crippen LogP contribution < -0.4 is 5.32 Å². The number of nitrogens with one attached hydrogen (secondary N) is 1. The Hall–Kier alpha value is -1.59. The molecule has 0 amide bonds. The van der Waals surface area contributed by atoms with Crippen molar-refractivity contribution in [2.24, 2.45) is 5.92 Å². The fourth-order valence-electron chi connectivity index (χ4n) is 3.34. The second kappa shape index (κ2) is 10.3. The Kier molecular flexibility index (Phi) is 8.96. The van der Waals surface area contributed by atoms with Gasteiger partial charge in [-0.2, -0.15) is 0 Å². The molecule has 1 N–H and O–H groups in total. The molecule has 0 saturated heterocycles. The Labute approximate surface area is 172 Å². The van der Waals surface area contributed by atoms with Crippen LogP contribution in [0.2, 0.25) is 25.2 Å². The average molecular weight is 406 g/mol. The fourth-order valence-corrected chi connectivity index (χ4v) is 5.60. The highest BCUT2D eigenvalue weighted by molar-refractivity contribution is 6.78. The second-order valence-corrected chi connectivity index (χ2v) is 15.2. The van der Waals surface area contributed by atoms with Gasteiger partial charge in [0.2, 0.25) is 0 Å². The minimum absolute atomic E-state index is 0.111. The molecule has 4 nitrogen and oxygen atoms in total. The zero-order valence-electron chi connectivity index (χ0n) is 18.9. The molecular weight excluding hydrogens is 366 g/mol. The van der Waals surface area contributed by atoms with Crippen molar-refractivity contribution in [3.8, 4) is 0 Å². The minimum Gasteiger partial charge on any atom is -0.432 e. The lowest BCUT2D eigenvalue weighted by molar-refractivity contribution is -0.0115. The summed E-state index contributed by atoms with van der Waals surface area (Å²) in [7, 11) is -1.47. The molecule has 0 aromatic heterocycles. The van der Waals surface area contributed by atoms with Crippen LogP contribution in [-0.4, -0.2) is 32.5 Å². The number of ether oxygens (including phenoxy) is 2. The Bertz CT molecular complexity index is 617.